The monoisotopic (exact) mass is 462 g/mol. The van der Waals surface area contributed by atoms with Crippen LogP contribution in [0.1, 0.15) is 13.3 Å². The lowest BCUT2D eigenvalue weighted by Crippen LogP contribution is -2.72. The summed E-state index contributed by atoms with van der Waals surface area (Å²) in [4.78, 5) is 52.2. The number of nitrogens with zero attached hydrogens (tertiary/aromatic N) is 1. The van der Waals surface area contributed by atoms with E-state index in [1.807, 2.05) is 0 Å². The zero-order valence-corrected chi connectivity index (χ0v) is 18.4. The lowest BCUT2D eigenvalue weighted by Gasteiger charge is -2.53. The molecule has 32 heavy (non-hydrogen) atoms. The highest BCUT2D eigenvalue weighted by molar-refractivity contribution is 6.33. The molecule has 4 aliphatic carbocycles. The summed E-state index contributed by atoms with van der Waals surface area (Å²) in [5, 5.41) is 34.1. The van der Waals surface area contributed by atoms with Gasteiger partial charge in [-0.1, -0.05) is 11.6 Å². The first-order chi connectivity index (χ1) is 14.8. The molecular formula is C22H23ClN2O7. The van der Waals surface area contributed by atoms with Gasteiger partial charge in [0.05, 0.1) is 6.04 Å². The first-order valence-electron chi connectivity index (χ1n) is 10.0. The highest BCUT2D eigenvalue weighted by Gasteiger charge is 2.67. The molecule has 5 N–H and O–H groups in total. The number of amides is 1. The Morgan fingerprint density at radius 2 is 1.84 bits per heavy atom. The van der Waals surface area contributed by atoms with Crippen molar-refractivity contribution in [2.45, 2.75) is 31.1 Å². The van der Waals surface area contributed by atoms with Gasteiger partial charge in [0.1, 0.15) is 17.8 Å². The van der Waals surface area contributed by atoms with Crippen LogP contribution >= 0.6 is 11.6 Å². The van der Waals surface area contributed by atoms with Crippen LogP contribution < -0.4 is 5.73 Å². The van der Waals surface area contributed by atoms with Crippen molar-refractivity contribution in [3.63, 3.8) is 0 Å². The maximum Gasteiger partial charge on any atom is 0.235 e. The van der Waals surface area contributed by atoms with E-state index in [4.69, 9.17) is 17.3 Å². The molecule has 9 nitrogen and oxygen atoms in total. The number of nitrogens with two attached hydrogens (primary N) is 1. The average molecular weight is 463 g/mol. The van der Waals surface area contributed by atoms with E-state index in [0.29, 0.717) is 16.7 Å². The fraction of sp³-hybridized carbons (Fsp3) is 0.455. The van der Waals surface area contributed by atoms with Crippen LogP contribution in [0.3, 0.4) is 0 Å². The lowest BCUT2D eigenvalue weighted by atomic mass is 9.55. The van der Waals surface area contributed by atoms with E-state index in [-0.39, 0.29) is 17.0 Å². The largest absolute Gasteiger partial charge is 0.511 e. The molecule has 0 heterocycles. The van der Waals surface area contributed by atoms with Gasteiger partial charge in [0.15, 0.2) is 28.9 Å². The lowest BCUT2D eigenvalue weighted by molar-refractivity contribution is -0.182. The number of aliphatic hydroxyl groups excluding tert-OH is 2. The summed E-state index contributed by atoms with van der Waals surface area (Å²) in [5.74, 6) is -8.44. The van der Waals surface area contributed by atoms with Crippen molar-refractivity contribution in [3.8, 4) is 0 Å². The van der Waals surface area contributed by atoms with Gasteiger partial charge in [0.25, 0.3) is 0 Å². The number of ketones is 3. The standard InChI is InChI=1S/C22H23ClN2O7/c1-7-8-6-9-16(25(2)3)18(28)15(21(24)31)20(30)22(9,32)19(29)13(8)17(27)14-11(26)5-4-10(23)12(7)14/h4-5,9,14-16,19,27,29,32H,6H2,1-3H3,(H2,24,31)/t9-,14?,15?,16-,19?,22-/m0/s1. The molecule has 0 saturated heterocycles. The molecule has 0 radical (unpaired) electrons. The second-order valence-corrected chi connectivity index (χ2v) is 9.29. The molecule has 170 valence electrons. The number of Topliss-reactive ketones (excluding diaryl/α,β-unsaturated/α-hetero) is 2. The van der Waals surface area contributed by atoms with Gasteiger partial charge in [-0.25, -0.2) is 0 Å². The summed E-state index contributed by atoms with van der Waals surface area (Å²) in [5.41, 5.74) is 3.85. The fourth-order valence-corrected chi connectivity index (χ4v) is 5.93. The quantitative estimate of drug-likeness (QED) is 0.406. The predicted molar refractivity (Wildman–Crippen MR) is 112 cm³/mol. The molecule has 10 heteroatoms. The molecule has 0 aromatic carbocycles. The van der Waals surface area contributed by atoms with Crippen molar-refractivity contribution >= 4 is 34.9 Å². The normalized spacial score (nSPS) is 37.1. The van der Waals surface area contributed by atoms with Crippen LogP contribution in [0.15, 0.2) is 45.2 Å². The number of hydrogen-bond donors (Lipinski definition) is 4. The molecule has 0 spiro atoms. The highest BCUT2D eigenvalue weighted by atomic mass is 35.5. The number of likely N-dealkylation sites (N-methyl/N-ethyl adjacent to an activating group) is 1. The molecule has 2 fully saturated rings. The number of rotatable bonds is 2. The number of hydrogen-bond acceptors (Lipinski definition) is 8. The van der Waals surface area contributed by atoms with Gasteiger partial charge in [-0.05, 0) is 56.3 Å². The summed E-state index contributed by atoms with van der Waals surface area (Å²) in [6, 6.07) is -1.11. The van der Waals surface area contributed by atoms with Crippen molar-refractivity contribution in [3.05, 3.63) is 45.2 Å². The average Bonchev–Trinajstić information content (AvgIpc) is 2.69. The Balaban J connectivity index is 1.98. The first-order valence-corrected chi connectivity index (χ1v) is 10.4. The second-order valence-electron chi connectivity index (χ2n) is 8.88. The Hall–Kier alpha value is -2.59. The third kappa shape index (κ3) is 2.68. The van der Waals surface area contributed by atoms with E-state index in [2.05, 4.69) is 0 Å². The molecule has 6 atom stereocenters. The Labute approximate surface area is 188 Å². The van der Waals surface area contributed by atoms with Crippen molar-refractivity contribution < 1.29 is 34.5 Å². The van der Waals surface area contributed by atoms with Crippen LogP contribution in [0.5, 0.6) is 0 Å². The second kappa shape index (κ2) is 7.21. The number of fused-ring (bicyclic) bond motifs is 3. The van der Waals surface area contributed by atoms with Crippen LogP contribution in [-0.2, 0) is 19.2 Å². The Morgan fingerprint density at radius 3 is 2.41 bits per heavy atom. The van der Waals surface area contributed by atoms with Gasteiger partial charge in [0.2, 0.25) is 5.91 Å². The molecule has 4 rings (SSSR count). The third-order valence-corrected chi connectivity index (χ3v) is 7.42. The number of carbonyl (C=O) groups is 4. The van der Waals surface area contributed by atoms with Gasteiger partial charge in [-0.2, -0.15) is 0 Å². The van der Waals surface area contributed by atoms with Gasteiger partial charge in [0, 0.05) is 16.5 Å². The van der Waals surface area contributed by atoms with Gasteiger partial charge in [-0.15, -0.1) is 0 Å². The zero-order chi connectivity index (χ0) is 23.9. The molecule has 1 amide bonds. The molecule has 2 saturated carbocycles. The molecular weight excluding hydrogens is 440 g/mol. The van der Waals surface area contributed by atoms with Crippen LogP contribution in [0.4, 0.5) is 0 Å². The minimum atomic E-state index is -2.58. The topological polar surface area (TPSA) is 158 Å². The highest BCUT2D eigenvalue weighted by Crippen LogP contribution is 2.54. The number of allylic oxidation sites excluding steroid dienone is 5. The van der Waals surface area contributed by atoms with E-state index >= 15 is 0 Å². The maximum absolute atomic E-state index is 13.2. The van der Waals surface area contributed by atoms with Crippen molar-refractivity contribution in [1.29, 1.82) is 0 Å². The maximum atomic E-state index is 13.2. The van der Waals surface area contributed by atoms with Crippen LogP contribution in [0.25, 0.3) is 0 Å². The predicted octanol–water partition coefficient (Wildman–Crippen LogP) is -0.328. The fourth-order valence-electron chi connectivity index (χ4n) is 5.61. The van der Waals surface area contributed by atoms with E-state index in [0.717, 1.165) is 0 Å². The van der Waals surface area contributed by atoms with Crippen LogP contribution in [-0.4, -0.2) is 75.3 Å². The van der Waals surface area contributed by atoms with Gasteiger partial charge >= 0.3 is 0 Å². The van der Waals surface area contributed by atoms with Crippen LogP contribution in [0, 0.1) is 17.8 Å². The Bertz CT molecular complexity index is 1120. The Morgan fingerprint density at radius 1 is 1.22 bits per heavy atom. The molecule has 0 bridgehead atoms. The van der Waals surface area contributed by atoms with Crippen molar-refractivity contribution in [2.24, 2.45) is 23.5 Å². The summed E-state index contributed by atoms with van der Waals surface area (Å²) >= 11 is 6.32. The van der Waals surface area contributed by atoms with Gasteiger partial charge in [-0.3, -0.25) is 24.1 Å². The van der Waals surface area contributed by atoms with Gasteiger partial charge < -0.3 is 21.1 Å². The number of halogens is 1. The number of carbonyl (C=O) groups excluding carboxylic acids is 4. The summed E-state index contributed by atoms with van der Waals surface area (Å²) < 4.78 is 0. The smallest absolute Gasteiger partial charge is 0.235 e. The molecule has 0 aromatic rings. The van der Waals surface area contributed by atoms with Crippen molar-refractivity contribution in [1.82, 2.24) is 4.90 Å². The van der Waals surface area contributed by atoms with E-state index < -0.39 is 64.5 Å². The van der Waals surface area contributed by atoms with E-state index in [9.17, 15) is 34.5 Å². The minimum absolute atomic E-state index is 0.0805. The summed E-state index contributed by atoms with van der Waals surface area (Å²) in [7, 11) is 3.10. The molecule has 0 aliphatic heterocycles. The third-order valence-electron chi connectivity index (χ3n) is 7.09. The zero-order valence-electron chi connectivity index (χ0n) is 17.6. The van der Waals surface area contributed by atoms with E-state index in [1.54, 1.807) is 21.0 Å². The SMILES string of the molecule is CC1=C2C[C@H]3[C@H](N(C)C)C(=O)C(C(N)=O)C(=O)[C@@]3(O)C(O)C2=C(O)C2C(=O)C=CC(Cl)=C12. The summed E-state index contributed by atoms with van der Waals surface area (Å²) in [6.45, 7) is 1.67. The van der Waals surface area contributed by atoms with Crippen LogP contribution in [0.2, 0.25) is 0 Å². The molecule has 4 aliphatic rings. The minimum Gasteiger partial charge on any atom is -0.511 e. The summed E-state index contributed by atoms with van der Waals surface area (Å²) in [6.07, 6.45) is 0.549. The molecule has 3 unspecified atom stereocenters. The number of aliphatic hydroxyl groups is 3. The Kier molecular flexibility index (Phi) is 5.09. The number of primary amides is 1. The molecule has 0 aromatic heterocycles. The van der Waals surface area contributed by atoms with Crippen molar-refractivity contribution in [2.75, 3.05) is 14.1 Å². The first kappa shape index (κ1) is 22.6. The van der Waals surface area contributed by atoms with E-state index in [1.165, 1.54) is 17.1 Å².